The summed E-state index contributed by atoms with van der Waals surface area (Å²) in [4.78, 5) is 25.7. The Bertz CT molecular complexity index is 905. The van der Waals surface area contributed by atoms with Gasteiger partial charge >= 0.3 is 5.97 Å². The van der Waals surface area contributed by atoms with Gasteiger partial charge in [0, 0.05) is 28.6 Å². The predicted molar refractivity (Wildman–Crippen MR) is 101 cm³/mol. The van der Waals surface area contributed by atoms with Crippen molar-refractivity contribution in [3.63, 3.8) is 0 Å². The number of nitrogens with zero attached hydrogens (tertiary/aromatic N) is 2. The van der Waals surface area contributed by atoms with Gasteiger partial charge in [-0.1, -0.05) is 17.7 Å². The monoisotopic (exact) mass is 410 g/mol. The summed E-state index contributed by atoms with van der Waals surface area (Å²) in [5, 5.41) is 10.5. The van der Waals surface area contributed by atoms with Gasteiger partial charge in [-0.2, -0.15) is 5.26 Å². The molecule has 0 saturated heterocycles. The van der Waals surface area contributed by atoms with Crippen LogP contribution in [0, 0.1) is 24.2 Å². The number of hydrogen-bond donors (Lipinski definition) is 0. The summed E-state index contributed by atoms with van der Waals surface area (Å²) in [5.41, 5.74) is 1.33. The minimum absolute atomic E-state index is 0.110. The van der Waals surface area contributed by atoms with Crippen LogP contribution in [-0.2, 0) is 24.2 Å². The number of anilines is 1. The highest BCUT2D eigenvalue weighted by Crippen LogP contribution is 2.23. The van der Waals surface area contributed by atoms with E-state index in [2.05, 4.69) is 0 Å². The van der Waals surface area contributed by atoms with Crippen molar-refractivity contribution in [1.29, 1.82) is 5.26 Å². The van der Waals surface area contributed by atoms with E-state index >= 15 is 0 Å². The van der Waals surface area contributed by atoms with Gasteiger partial charge in [-0.25, -0.2) is 8.42 Å². The van der Waals surface area contributed by atoms with E-state index in [1.54, 1.807) is 25.1 Å². The first-order valence-corrected chi connectivity index (χ1v) is 10.3. The average molecular weight is 411 g/mol. The number of ether oxygens (including phenoxy) is 1. The molecule has 1 aliphatic heterocycles. The number of allylic oxidation sites excluding steroid dienone is 1. The molecule has 0 saturated carbocycles. The Balaban J connectivity index is 1.97. The van der Waals surface area contributed by atoms with Crippen molar-refractivity contribution in [3.05, 3.63) is 40.3 Å². The average Bonchev–Trinajstić information content (AvgIpc) is 2.94. The number of nitriles is 1. The standard InChI is InChI=1S/C18H19ClN2O5S/c1-13-9-15(3-4-16(13)19)21(7-2-6-20)17(22)11-26-18(23)10-14-5-8-27(24,25)12-14/h3-5,8-9,14H,2,7,10-12H2,1H3. The highest BCUT2D eigenvalue weighted by Gasteiger charge is 2.25. The van der Waals surface area contributed by atoms with E-state index in [4.69, 9.17) is 21.6 Å². The lowest BCUT2D eigenvalue weighted by Gasteiger charge is -2.22. The Kier molecular flexibility index (Phi) is 6.99. The molecular formula is C18H19ClN2O5S. The molecule has 0 bridgehead atoms. The minimum atomic E-state index is -3.24. The second-order valence-electron chi connectivity index (χ2n) is 6.17. The van der Waals surface area contributed by atoms with Crippen molar-refractivity contribution in [1.82, 2.24) is 0 Å². The van der Waals surface area contributed by atoms with Crippen LogP contribution >= 0.6 is 11.6 Å². The molecule has 0 N–H and O–H groups in total. The fourth-order valence-electron chi connectivity index (χ4n) is 2.62. The molecule has 1 unspecified atom stereocenters. The van der Waals surface area contributed by atoms with Crippen LogP contribution in [0.4, 0.5) is 5.69 Å². The van der Waals surface area contributed by atoms with Crippen molar-refractivity contribution in [2.75, 3.05) is 23.8 Å². The van der Waals surface area contributed by atoms with E-state index in [-0.39, 0.29) is 25.1 Å². The molecule has 0 radical (unpaired) electrons. The molecule has 1 heterocycles. The van der Waals surface area contributed by atoms with Crippen molar-refractivity contribution < 1.29 is 22.7 Å². The lowest BCUT2D eigenvalue weighted by atomic mass is 10.1. The largest absolute Gasteiger partial charge is 0.456 e. The van der Waals surface area contributed by atoms with Crippen molar-refractivity contribution in [2.24, 2.45) is 5.92 Å². The molecule has 1 atom stereocenters. The predicted octanol–water partition coefficient (Wildman–Crippen LogP) is 2.39. The second kappa shape index (κ2) is 9.02. The fourth-order valence-corrected chi connectivity index (χ4v) is 4.13. The summed E-state index contributed by atoms with van der Waals surface area (Å²) in [5.74, 6) is -1.70. The molecule has 9 heteroatoms. The van der Waals surface area contributed by atoms with E-state index in [0.717, 1.165) is 11.0 Å². The van der Waals surface area contributed by atoms with E-state index in [9.17, 15) is 18.0 Å². The molecular weight excluding hydrogens is 392 g/mol. The SMILES string of the molecule is Cc1cc(N(CCC#N)C(=O)COC(=O)CC2C=CS(=O)(=O)C2)ccc1Cl. The fraction of sp³-hybridized carbons (Fsp3) is 0.389. The third-order valence-electron chi connectivity index (χ3n) is 3.99. The van der Waals surface area contributed by atoms with Gasteiger partial charge in [0.1, 0.15) is 0 Å². The Labute approximate surface area is 163 Å². The number of hydrogen-bond acceptors (Lipinski definition) is 6. The number of aryl methyl sites for hydroxylation is 1. The van der Waals surface area contributed by atoms with Crippen LogP contribution in [0.3, 0.4) is 0 Å². The molecule has 1 aromatic carbocycles. The zero-order chi connectivity index (χ0) is 20.0. The van der Waals surface area contributed by atoms with Crippen molar-refractivity contribution in [2.45, 2.75) is 19.8 Å². The molecule has 1 amide bonds. The third kappa shape index (κ3) is 6.08. The Morgan fingerprint density at radius 2 is 2.15 bits per heavy atom. The maximum atomic E-state index is 12.5. The smallest absolute Gasteiger partial charge is 0.306 e. The zero-order valence-electron chi connectivity index (χ0n) is 14.7. The van der Waals surface area contributed by atoms with Gasteiger partial charge in [-0.3, -0.25) is 9.59 Å². The highest BCUT2D eigenvalue weighted by molar-refractivity contribution is 7.94. The van der Waals surface area contributed by atoms with E-state index < -0.39 is 34.2 Å². The van der Waals surface area contributed by atoms with Crippen molar-refractivity contribution in [3.8, 4) is 6.07 Å². The lowest BCUT2D eigenvalue weighted by molar-refractivity contribution is -0.148. The first-order valence-electron chi connectivity index (χ1n) is 8.22. The summed E-state index contributed by atoms with van der Waals surface area (Å²) >= 11 is 6.00. The molecule has 0 spiro atoms. The first-order chi connectivity index (χ1) is 12.7. The number of halogens is 1. The number of carbonyl (C=O) groups is 2. The van der Waals surface area contributed by atoms with Gasteiger partial charge in [-0.15, -0.1) is 0 Å². The van der Waals surface area contributed by atoms with Gasteiger partial charge in [0.2, 0.25) is 0 Å². The maximum Gasteiger partial charge on any atom is 0.306 e. The summed E-state index contributed by atoms with van der Waals surface area (Å²) < 4.78 is 27.7. The van der Waals surface area contributed by atoms with Crippen LogP contribution in [0.25, 0.3) is 0 Å². The van der Waals surface area contributed by atoms with Gasteiger partial charge in [0.05, 0.1) is 24.7 Å². The molecule has 0 fully saturated rings. The first kappa shape index (κ1) is 20.9. The van der Waals surface area contributed by atoms with Gasteiger partial charge < -0.3 is 9.64 Å². The minimum Gasteiger partial charge on any atom is -0.456 e. The summed E-state index contributed by atoms with van der Waals surface area (Å²) in [6.45, 7) is 1.45. The molecule has 144 valence electrons. The Morgan fingerprint density at radius 1 is 1.41 bits per heavy atom. The van der Waals surface area contributed by atoms with Crippen LogP contribution < -0.4 is 4.90 Å². The third-order valence-corrected chi connectivity index (χ3v) is 5.88. The molecule has 0 aromatic heterocycles. The molecule has 2 rings (SSSR count). The number of sulfone groups is 1. The van der Waals surface area contributed by atoms with Gasteiger partial charge in [0.25, 0.3) is 5.91 Å². The number of esters is 1. The quantitative estimate of drug-likeness (QED) is 0.639. The zero-order valence-corrected chi connectivity index (χ0v) is 16.3. The van der Waals surface area contributed by atoms with Gasteiger partial charge in [0.15, 0.2) is 16.4 Å². The van der Waals surface area contributed by atoms with E-state index in [1.165, 1.54) is 11.0 Å². The number of rotatable bonds is 7. The molecule has 0 aliphatic carbocycles. The highest BCUT2D eigenvalue weighted by atomic mass is 35.5. The van der Waals surface area contributed by atoms with Gasteiger partial charge in [-0.05, 0) is 30.7 Å². The van der Waals surface area contributed by atoms with Crippen LogP contribution in [0.5, 0.6) is 0 Å². The summed E-state index contributed by atoms with van der Waals surface area (Å²) in [6, 6.07) is 7.00. The maximum absolute atomic E-state index is 12.5. The second-order valence-corrected chi connectivity index (χ2v) is 8.51. The number of carbonyl (C=O) groups excluding carboxylic acids is 2. The molecule has 27 heavy (non-hydrogen) atoms. The topological polar surface area (TPSA) is 105 Å². The normalized spacial score (nSPS) is 17.3. The number of amides is 1. The summed E-state index contributed by atoms with van der Waals surface area (Å²) in [7, 11) is -3.24. The van der Waals surface area contributed by atoms with Crippen LogP contribution in [0.2, 0.25) is 5.02 Å². The molecule has 1 aliphatic rings. The Morgan fingerprint density at radius 3 is 2.74 bits per heavy atom. The van der Waals surface area contributed by atoms with E-state index in [1.807, 2.05) is 6.07 Å². The summed E-state index contributed by atoms with van der Waals surface area (Å²) in [6.07, 6.45) is 1.46. The molecule has 1 aromatic rings. The van der Waals surface area contributed by atoms with Crippen LogP contribution in [-0.4, -0.2) is 39.2 Å². The van der Waals surface area contributed by atoms with Crippen molar-refractivity contribution >= 4 is 39.0 Å². The number of benzene rings is 1. The molecule has 7 nitrogen and oxygen atoms in total. The van der Waals surface area contributed by atoms with Crippen LogP contribution in [0.15, 0.2) is 29.7 Å². The van der Waals surface area contributed by atoms with E-state index in [0.29, 0.717) is 10.7 Å². The lowest BCUT2D eigenvalue weighted by Crippen LogP contribution is -2.35. The van der Waals surface area contributed by atoms with Crippen LogP contribution in [0.1, 0.15) is 18.4 Å². The Hall–Kier alpha value is -2.37.